The molecular formula is C12H23NO. The van der Waals surface area contributed by atoms with Crippen LogP contribution in [0.25, 0.3) is 0 Å². The Kier molecular flexibility index (Phi) is 3.82. The van der Waals surface area contributed by atoms with Crippen LogP contribution < -0.4 is 5.32 Å². The van der Waals surface area contributed by atoms with E-state index in [1.165, 1.54) is 38.6 Å². The summed E-state index contributed by atoms with van der Waals surface area (Å²) in [6.45, 7) is 2.35. The zero-order chi connectivity index (χ0) is 9.80. The molecule has 2 nitrogen and oxygen atoms in total. The van der Waals surface area contributed by atoms with Crippen LogP contribution in [0.4, 0.5) is 0 Å². The van der Waals surface area contributed by atoms with Crippen molar-refractivity contribution in [3.05, 3.63) is 0 Å². The smallest absolute Gasteiger partial charge is 0.0543 e. The fourth-order valence-corrected chi connectivity index (χ4v) is 2.94. The Balaban J connectivity index is 1.54. The summed E-state index contributed by atoms with van der Waals surface area (Å²) < 4.78 is 0. The van der Waals surface area contributed by atoms with Gasteiger partial charge < -0.3 is 10.4 Å². The minimum Gasteiger partial charge on any atom is -0.393 e. The Morgan fingerprint density at radius 3 is 2.29 bits per heavy atom. The molecule has 0 radical (unpaired) electrons. The highest BCUT2D eigenvalue weighted by Gasteiger charge is 2.22. The maximum Gasteiger partial charge on any atom is 0.0543 e. The van der Waals surface area contributed by atoms with Gasteiger partial charge in [-0.1, -0.05) is 12.8 Å². The van der Waals surface area contributed by atoms with Gasteiger partial charge in [0.1, 0.15) is 0 Å². The van der Waals surface area contributed by atoms with Gasteiger partial charge in [-0.15, -0.1) is 0 Å². The number of hydrogen-bond acceptors (Lipinski definition) is 2. The first-order valence-corrected chi connectivity index (χ1v) is 6.23. The summed E-state index contributed by atoms with van der Waals surface area (Å²) in [6.07, 6.45) is 9.00. The van der Waals surface area contributed by atoms with E-state index < -0.39 is 0 Å². The van der Waals surface area contributed by atoms with Gasteiger partial charge in [0.05, 0.1) is 6.10 Å². The second kappa shape index (κ2) is 5.13. The van der Waals surface area contributed by atoms with E-state index in [-0.39, 0.29) is 6.10 Å². The van der Waals surface area contributed by atoms with Crippen LogP contribution >= 0.6 is 0 Å². The number of aliphatic hydroxyl groups excluding tert-OH is 1. The van der Waals surface area contributed by atoms with Crippen LogP contribution in [-0.2, 0) is 0 Å². The Bertz CT molecular complexity index is 166. The maximum atomic E-state index is 9.38. The molecule has 0 saturated heterocycles. The third-order valence-electron chi connectivity index (χ3n) is 3.85. The van der Waals surface area contributed by atoms with Gasteiger partial charge in [-0.3, -0.25) is 0 Å². The summed E-state index contributed by atoms with van der Waals surface area (Å²) in [5.41, 5.74) is 0. The second-order valence-corrected chi connectivity index (χ2v) is 5.14. The van der Waals surface area contributed by atoms with E-state index in [0.29, 0.717) is 0 Å². The predicted octanol–water partition coefficient (Wildman–Crippen LogP) is 1.93. The van der Waals surface area contributed by atoms with E-state index in [9.17, 15) is 5.11 Å². The largest absolute Gasteiger partial charge is 0.393 e. The van der Waals surface area contributed by atoms with E-state index in [2.05, 4.69) is 5.32 Å². The molecule has 0 aliphatic heterocycles. The van der Waals surface area contributed by atoms with Crippen LogP contribution in [-0.4, -0.2) is 24.3 Å². The summed E-state index contributed by atoms with van der Waals surface area (Å²) in [6, 6.07) is 0. The highest BCUT2D eigenvalue weighted by atomic mass is 16.3. The third-order valence-corrected chi connectivity index (χ3v) is 3.85. The molecule has 0 aromatic carbocycles. The van der Waals surface area contributed by atoms with Gasteiger partial charge in [0, 0.05) is 0 Å². The molecule has 2 heteroatoms. The van der Waals surface area contributed by atoms with Gasteiger partial charge in [-0.05, 0) is 57.0 Å². The van der Waals surface area contributed by atoms with Crippen LogP contribution in [0, 0.1) is 11.8 Å². The molecule has 2 N–H and O–H groups in total. The van der Waals surface area contributed by atoms with Gasteiger partial charge in [0.25, 0.3) is 0 Å². The van der Waals surface area contributed by atoms with E-state index in [1.54, 1.807) is 0 Å². The topological polar surface area (TPSA) is 32.3 Å². The normalized spacial score (nSPS) is 34.1. The molecule has 2 fully saturated rings. The Labute approximate surface area is 87.1 Å². The Hall–Kier alpha value is -0.0800. The van der Waals surface area contributed by atoms with Crippen molar-refractivity contribution >= 4 is 0 Å². The first-order valence-electron chi connectivity index (χ1n) is 6.23. The minimum absolute atomic E-state index is 0.00622. The summed E-state index contributed by atoms with van der Waals surface area (Å²) in [5.74, 6) is 1.69. The molecule has 0 bridgehead atoms. The fraction of sp³-hybridized carbons (Fsp3) is 1.00. The van der Waals surface area contributed by atoms with Gasteiger partial charge >= 0.3 is 0 Å². The average Bonchev–Trinajstić information content (AvgIpc) is 2.77. The van der Waals surface area contributed by atoms with Crippen molar-refractivity contribution in [1.29, 1.82) is 0 Å². The van der Waals surface area contributed by atoms with Crippen molar-refractivity contribution in [3.63, 3.8) is 0 Å². The summed E-state index contributed by atoms with van der Waals surface area (Å²) in [5, 5.41) is 13.0. The van der Waals surface area contributed by atoms with Crippen LogP contribution in [0.2, 0.25) is 0 Å². The minimum atomic E-state index is -0.00622. The van der Waals surface area contributed by atoms with Crippen molar-refractivity contribution in [2.75, 3.05) is 13.1 Å². The highest BCUT2D eigenvalue weighted by molar-refractivity contribution is 4.77. The van der Waals surface area contributed by atoms with Gasteiger partial charge in [-0.2, -0.15) is 0 Å². The lowest BCUT2D eigenvalue weighted by Gasteiger charge is -2.14. The standard InChI is InChI=1S/C12H23NO/c14-12-6-5-11(7-12)9-13-8-10-3-1-2-4-10/h10-14H,1-9H2. The molecule has 2 aliphatic rings. The van der Waals surface area contributed by atoms with Crippen LogP contribution in [0.1, 0.15) is 44.9 Å². The van der Waals surface area contributed by atoms with E-state index in [0.717, 1.165) is 31.2 Å². The van der Waals surface area contributed by atoms with Crippen LogP contribution in [0.3, 0.4) is 0 Å². The van der Waals surface area contributed by atoms with Crippen molar-refractivity contribution < 1.29 is 5.11 Å². The lowest BCUT2D eigenvalue weighted by atomic mass is 10.1. The first-order chi connectivity index (χ1) is 6.84. The third kappa shape index (κ3) is 2.96. The van der Waals surface area contributed by atoms with Crippen molar-refractivity contribution in [3.8, 4) is 0 Å². The van der Waals surface area contributed by atoms with E-state index in [4.69, 9.17) is 0 Å². The quantitative estimate of drug-likeness (QED) is 0.722. The van der Waals surface area contributed by atoms with E-state index in [1.807, 2.05) is 0 Å². The van der Waals surface area contributed by atoms with Gasteiger partial charge in [0.15, 0.2) is 0 Å². The van der Waals surface area contributed by atoms with E-state index >= 15 is 0 Å². The molecule has 0 aromatic rings. The molecule has 14 heavy (non-hydrogen) atoms. The highest BCUT2D eigenvalue weighted by Crippen LogP contribution is 2.26. The molecule has 82 valence electrons. The van der Waals surface area contributed by atoms with Crippen molar-refractivity contribution in [2.24, 2.45) is 11.8 Å². The summed E-state index contributed by atoms with van der Waals surface area (Å²) >= 11 is 0. The fourth-order valence-electron chi connectivity index (χ4n) is 2.94. The monoisotopic (exact) mass is 197 g/mol. The van der Waals surface area contributed by atoms with Crippen molar-refractivity contribution in [2.45, 2.75) is 51.0 Å². The van der Waals surface area contributed by atoms with Gasteiger partial charge in [-0.25, -0.2) is 0 Å². The SMILES string of the molecule is OC1CCC(CNCC2CCCC2)C1. The molecule has 0 aromatic heterocycles. The number of nitrogens with one attached hydrogen (secondary N) is 1. The number of hydrogen-bond donors (Lipinski definition) is 2. The van der Waals surface area contributed by atoms with Gasteiger partial charge in [0.2, 0.25) is 0 Å². The molecule has 2 rings (SSSR count). The van der Waals surface area contributed by atoms with Crippen LogP contribution in [0.5, 0.6) is 0 Å². The lowest BCUT2D eigenvalue weighted by Crippen LogP contribution is -2.26. The molecule has 2 unspecified atom stereocenters. The lowest BCUT2D eigenvalue weighted by molar-refractivity contribution is 0.177. The molecule has 2 atom stereocenters. The average molecular weight is 197 g/mol. The van der Waals surface area contributed by atoms with Crippen molar-refractivity contribution in [1.82, 2.24) is 5.32 Å². The summed E-state index contributed by atoms with van der Waals surface area (Å²) in [7, 11) is 0. The molecule has 2 saturated carbocycles. The zero-order valence-corrected chi connectivity index (χ0v) is 9.04. The molecule has 2 aliphatic carbocycles. The second-order valence-electron chi connectivity index (χ2n) is 5.14. The first kappa shape index (κ1) is 10.4. The Morgan fingerprint density at radius 1 is 0.929 bits per heavy atom. The summed E-state index contributed by atoms with van der Waals surface area (Å²) in [4.78, 5) is 0. The number of aliphatic hydroxyl groups is 1. The van der Waals surface area contributed by atoms with Crippen LogP contribution in [0.15, 0.2) is 0 Å². The maximum absolute atomic E-state index is 9.38. The molecular weight excluding hydrogens is 174 g/mol. The molecule has 0 spiro atoms. The molecule has 0 amide bonds. The zero-order valence-electron chi connectivity index (χ0n) is 9.04. The predicted molar refractivity (Wildman–Crippen MR) is 58.2 cm³/mol. The Morgan fingerprint density at radius 2 is 1.64 bits per heavy atom. The number of rotatable bonds is 4. The molecule has 0 heterocycles.